The largest absolute Gasteiger partial charge is 0.381 e. The van der Waals surface area contributed by atoms with Gasteiger partial charge in [0.2, 0.25) is 0 Å². The topological polar surface area (TPSA) is 39.7 Å². The molecule has 2 heterocycles. The number of rotatable bonds is 2. The van der Waals surface area contributed by atoms with Crippen LogP contribution in [0.2, 0.25) is 0 Å². The van der Waals surface area contributed by atoms with E-state index in [-0.39, 0.29) is 0 Å². The molecule has 0 saturated carbocycles. The van der Waals surface area contributed by atoms with Crippen molar-refractivity contribution in [3.8, 4) is 0 Å². The smallest absolute Gasteiger partial charge is 0.168 e. The van der Waals surface area contributed by atoms with Crippen molar-refractivity contribution in [2.75, 3.05) is 33.5 Å². The standard InChI is InChI=1S/C11H21NO3/c1-11(9-3-5-13-6-4-9)14-7-10(12-2)8-15-11/h9-10,12H,3-8H2,1-2H3. The first-order chi connectivity index (χ1) is 7.24. The van der Waals surface area contributed by atoms with Crippen LogP contribution in [-0.4, -0.2) is 45.3 Å². The molecular formula is C11H21NO3. The minimum absolute atomic E-state index is 0.331. The van der Waals surface area contributed by atoms with Crippen LogP contribution in [0.5, 0.6) is 0 Å². The van der Waals surface area contributed by atoms with Gasteiger partial charge in [-0.15, -0.1) is 0 Å². The molecule has 0 bridgehead atoms. The van der Waals surface area contributed by atoms with Crippen molar-refractivity contribution >= 4 is 0 Å². The van der Waals surface area contributed by atoms with E-state index in [4.69, 9.17) is 14.2 Å². The molecule has 2 saturated heterocycles. The Bertz CT molecular complexity index is 196. The first-order valence-electron chi connectivity index (χ1n) is 5.77. The molecule has 2 fully saturated rings. The first kappa shape index (κ1) is 11.3. The molecule has 0 atom stereocenters. The van der Waals surface area contributed by atoms with Crippen molar-refractivity contribution in [2.45, 2.75) is 31.6 Å². The molecule has 15 heavy (non-hydrogen) atoms. The maximum absolute atomic E-state index is 5.87. The van der Waals surface area contributed by atoms with E-state index in [0.717, 1.165) is 39.3 Å². The zero-order valence-electron chi connectivity index (χ0n) is 9.62. The van der Waals surface area contributed by atoms with E-state index in [9.17, 15) is 0 Å². The molecule has 0 spiro atoms. The molecule has 0 radical (unpaired) electrons. The molecule has 0 amide bonds. The van der Waals surface area contributed by atoms with E-state index in [1.807, 2.05) is 7.05 Å². The summed E-state index contributed by atoms with van der Waals surface area (Å²) in [4.78, 5) is 0. The summed E-state index contributed by atoms with van der Waals surface area (Å²) < 4.78 is 17.1. The normalized spacial score (nSPS) is 39.2. The Balaban J connectivity index is 1.89. The molecule has 88 valence electrons. The van der Waals surface area contributed by atoms with Crippen LogP contribution in [0.4, 0.5) is 0 Å². The quantitative estimate of drug-likeness (QED) is 0.738. The molecule has 0 aliphatic carbocycles. The number of hydrogen-bond acceptors (Lipinski definition) is 4. The summed E-state index contributed by atoms with van der Waals surface area (Å²) in [5, 5.41) is 3.17. The average Bonchev–Trinajstić information content (AvgIpc) is 2.31. The van der Waals surface area contributed by atoms with Crippen molar-refractivity contribution in [3.05, 3.63) is 0 Å². The van der Waals surface area contributed by atoms with Crippen LogP contribution in [0.3, 0.4) is 0 Å². The molecule has 0 unspecified atom stereocenters. The van der Waals surface area contributed by atoms with E-state index in [1.165, 1.54) is 0 Å². The maximum Gasteiger partial charge on any atom is 0.168 e. The van der Waals surface area contributed by atoms with Gasteiger partial charge in [-0.25, -0.2) is 0 Å². The summed E-state index contributed by atoms with van der Waals surface area (Å²) in [5.74, 6) is 0.0842. The van der Waals surface area contributed by atoms with Gasteiger partial charge < -0.3 is 19.5 Å². The van der Waals surface area contributed by atoms with Gasteiger partial charge in [-0.2, -0.15) is 0 Å². The SMILES string of the molecule is CNC1COC(C)(C2CCOCC2)OC1. The Kier molecular flexibility index (Phi) is 3.61. The molecule has 4 nitrogen and oxygen atoms in total. The monoisotopic (exact) mass is 215 g/mol. The third-order valence-corrected chi connectivity index (χ3v) is 3.51. The Labute approximate surface area is 91.3 Å². The molecule has 0 aromatic carbocycles. The molecule has 2 rings (SSSR count). The van der Waals surface area contributed by atoms with E-state index >= 15 is 0 Å². The second-order valence-corrected chi connectivity index (χ2v) is 4.51. The summed E-state index contributed by atoms with van der Waals surface area (Å²) in [6, 6.07) is 0.331. The number of nitrogens with one attached hydrogen (secondary N) is 1. The molecule has 0 aromatic rings. The van der Waals surface area contributed by atoms with Gasteiger partial charge in [-0.3, -0.25) is 0 Å². The highest BCUT2D eigenvalue weighted by atomic mass is 16.7. The zero-order valence-corrected chi connectivity index (χ0v) is 9.62. The lowest BCUT2D eigenvalue weighted by Gasteiger charge is -2.43. The van der Waals surface area contributed by atoms with E-state index < -0.39 is 5.79 Å². The Morgan fingerprint density at radius 2 is 1.73 bits per heavy atom. The zero-order chi connectivity index (χ0) is 10.7. The van der Waals surface area contributed by atoms with Crippen molar-refractivity contribution in [2.24, 2.45) is 5.92 Å². The predicted octanol–water partition coefficient (Wildman–Crippen LogP) is 0.764. The predicted molar refractivity (Wildman–Crippen MR) is 56.7 cm³/mol. The van der Waals surface area contributed by atoms with Gasteiger partial charge in [0.1, 0.15) is 0 Å². The average molecular weight is 215 g/mol. The van der Waals surface area contributed by atoms with Gasteiger partial charge in [0.15, 0.2) is 5.79 Å². The van der Waals surface area contributed by atoms with E-state index in [1.54, 1.807) is 0 Å². The minimum Gasteiger partial charge on any atom is -0.381 e. The summed E-state index contributed by atoms with van der Waals surface area (Å²) in [5.41, 5.74) is 0. The van der Waals surface area contributed by atoms with Gasteiger partial charge in [-0.05, 0) is 26.8 Å². The van der Waals surface area contributed by atoms with Crippen LogP contribution in [0.1, 0.15) is 19.8 Å². The van der Waals surface area contributed by atoms with Crippen LogP contribution in [-0.2, 0) is 14.2 Å². The molecule has 1 N–H and O–H groups in total. The highest BCUT2D eigenvalue weighted by Crippen LogP contribution is 2.33. The molecular weight excluding hydrogens is 194 g/mol. The van der Waals surface area contributed by atoms with Crippen LogP contribution >= 0.6 is 0 Å². The second kappa shape index (κ2) is 4.78. The summed E-state index contributed by atoms with van der Waals surface area (Å²) in [7, 11) is 1.94. The van der Waals surface area contributed by atoms with Gasteiger partial charge in [0.05, 0.1) is 19.3 Å². The molecule has 2 aliphatic rings. The highest BCUT2D eigenvalue weighted by Gasteiger charge is 2.40. The molecule has 4 heteroatoms. The van der Waals surface area contributed by atoms with Gasteiger partial charge in [0, 0.05) is 19.1 Å². The Morgan fingerprint density at radius 1 is 1.13 bits per heavy atom. The second-order valence-electron chi connectivity index (χ2n) is 4.51. The molecule has 2 aliphatic heterocycles. The number of likely N-dealkylation sites (N-methyl/N-ethyl adjacent to an activating group) is 1. The lowest BCUT2D eigenvalue weighted by atomic mass is 9.91. The Hall–Kier alpha value is -0.160. The third-order valence-electron chi connectivity index (χ3n) is 3.51. The summed E-state index contributed by atoms with van der Waals surface area (Å²) >= 11 is 0. The van der Waals surface area contributed by atoms with Crippen molar-refractivity contribution in [1.82, 2.24) is 5.32 Å². The van der Waals surface area contributed by atoms with Crippen LogP contribution < -0.4 is 5.32 Å². The first-order valence-corrected chi connectivity index (χ1v) is 5.77. The van der Waals surface area contributed by atoms with E-state index in [2.05, 4.69) is 12.2 Å². The van der Waals surface area contributed by atoms with Gasteiger partial charge in [-0.1, -0.05) is 0 Å². The summed E-state index contributed by atoms with van der Waals surface area (Å²) in [6.07, 6.45) is 2.08. The Morgan fingerprint density at radius 3 is 2.27 bits per heavy atom. The lowest BCUT2D eigenvalue weighted by Crippen LogP contribution is -2.53. The van der Waals surface area contributed by atoms with Crippen molar-refractivity contribution < 1.29 is 14.2 Å². The van der Waals surface area contributed by atoms with E-state index in [0.29, 0.717) is 12.0 Å². The fourth-order valence-corrected chi connectivity index (χ4v) is 2.25. The maximum atomic E-state index is 5.87. The number of hydrogen-bond donors (Lipinski definition) is 1. The minimum atomic E-state index is -0.392. The van der Waals surface area contributed by atoms with Crippen LogP contribution in [0.25, 0.3) is 0 Å². The molecule has 0 aromatic heterocycles. The van der Waals surface area contributed by atoms with Gasteiger partial charge in [0.25, 0.3) is 0 Å². The lowest BCUT2D eigenvalue weighted by molar-refractivity contribution is -0.297. The van der Waals surface area contributed by atoms with Gasteiger partial charge >= 0.3 is 0 Å². The van der Waals surface area contributed by atoms with Crippen molar-refractivity contribution in [1.29, 1.82) is 0 Å². The van der Waals surface area contributed by atoms with Crippen LogP contribution in [0.15, 0.2) is 0 Å². The van der Waals surface area contributed by atoms with Crippen LogP contribution in [0, 0.1) is 5.92 Å². The fraction of sp³-hybridized carbons (Fsp3) is 1.00. The van der Waals surface area contributed by atoms with Crippen molar-refractivity contribution in [3.63, 3.8) is 0 Å². The highest BCUT2D eigenvalue weighted by molar-refractivity contribution is 4.82. The summed E-state index contributed by atoms with van der Waals surface area (Å²) in [6.45, 7) is 5.22. The fourth-order valence-electron chi connectivity index (χ4n) is 2.25. The number of ether oxygens (including phenoxy) is 3. The third kappa shape index (κ3) is 2.50.